The first-order valence-corrected chi connectivity index (χ1v) is 6.17. The topological polar surface area (TPSA) is 49.9 Å². The van der Waals surface area contributed by atoms with Gasteiger partial charge in [0.05, 0.1) is 12.2 Å². The van der Waals surface area contributed by atoms with Crippen molar-refractivity contribution >= 4 is 17.4 Å². The molecule has 0 unspecified atom stereocenters. The molecule has 1 aromatic rings. The molecule has 5 heteroatoms. The second-order valence-electron chi connectivity index (χ2n) is 4.92. The van der Waals surface area contributed by atoms with Crippen molar-refractivity contribution in [3.05, 3.63) is 23.8 Å². The number of amides is 1. The summed E-state index contributed by atoms with van der Waals surface area (Å²) in [6.07, 6.45) is 0. The lowest BCUT2D eigenvalue weighted by atomic mass is 10.1. The monoisotopic (exact) mass is 262 g/mol. The Balaban J connectivity index is 2.16. The second-order valence-corrected chi connectivity index (χ2v) is 4.92. The van der Waals surface area contributed by atoms with Gasteiger partial charge in [-0.05, 0) is 31.7 Å². The average molecular weight is 262 g/mol. The van der Waals surface area contributed by atoms with E-state index in [0.717, 1.165) is 17.0 Å². The first-order valence-electron chi connectivity index (χ1n) is 6.17. The van der Waals surface area contributed by atoms with Crippen LogP contribution in [0.25, 0.3) is 0 Å². The predicted octanol–water partition coefficient (Wildman–Crippen LogP) is 1.06. The van der Waals surface area contributed by atoms with Crippen LogP contribution in [0, 0.1) is 0 Å². The van der Waals surface area contributed by atoms with E-state index in [1.165, 1.54) is 0 Å². The number of carbonyl (C=O) groups excluding carboxylic acids is 2. The third-order valence-electron chi connectivity index (χ3n) is 3.06. The van der Waals surface area contributed by atoms with Crippen molar-refractivity contribution in [3.63, 3.8) is 0 Å². The van der Waals surface area contributed by atoms with Gasteiger partial charge in [0.2, 0.25) is 0 Å². The number of hydrogen-bond acceptors (Lipinski definition) is 4. The van der Waals surface area contributed by atoms with Crippen LogP contribution in [0.3, 0.4) is 0 Å². The van der Waals surface area contributed by atoms with Gasteiger partial charge in [-0.3, -0.25) is 14.5 Å². The van der Waals surface area contributed by atoms with Crippen LogP contribution in [-0.2, 0) is 16.1 Å². The van der Waals surface area contributed by atoms with E-state index in [1.807, 2.05) is 30.1 Å². The van der Waals surface area contributed by atoms with E-state index in [2.05, 4.69) is 0 Å². The molecule has 102 valence electrons. The first kappa shape index (κ1) is 13.5. The number of ether oxygens (including phenoxy) is 1. The van der Waals surface area contributed by atoms with Crippen molar-refractivity contribution in [2.75, 3.05) is 32.1 Å². The van der Waals surface area contributed by atoms with Crippen molar-refractivity contribution in [1.82, 2.24) is 4.90 Å². The van der Waals surface area contributed by atoms with Gasteiger partial charge in [-0.2, -0.15) is 0 Å². The van der Waals surface area contributed by atoms with Crippen LogP contribution >= 0.6 is 0 Å². The molecule has 0 fully saturated rings. The zero-order chi connectivity index (χ0) is 14.0. The van der Waals surface area contributed by atoms with Crippen molar-refractivity contribution < 1.29 is 14.3 Å². The summed E-state index contributed by atoms with van der Waals surface area (Å²) in [4.78, 5) is 26.2. The second kappa shape index (κ2) is 5.40. The largest absolute Gasteiger partial charge is 0.482 e. The Kier molecular flexibility index (Phi) is 3.85. The van der Waals surface area contributed by atoms with Crippen LogP contribution in [-0.4, -0.2) is 43.8 Å². The van der Waals surface area contributed by atoms with Crippen LogP contribution in [0.2, 0.25) is 0 Å². The summed E-state index contributed by atoms with van der Waals surface area (Å²) in [7, 11) is 3.64. The normalized spacial score (nSPS) is 14.3. The molecule has 1 amide bonds. The molecule has 0 N–H and O–H groups in total. The molecule has 1 aromatic carbocycles. The summed E-state index contributed by atoms with van der Waals surface area (Å²) in [5.41, 5.74) is 1.83. The molecule has 1 heterocycles. The zero-order valence-corrected chi connectivity index (χ0v) is 11.5. The highest BCUT2D eigenvalue weighted by Crippen LogP contribution is 2.32. The molecular formula is C14H18N2O3. The number of carbonyl (C=O) groups is 2. The summed E-state index contributed by atoms with van der Waals surface area (Å²) in [6.45, 7) is 2.74. The van der Waals surface area contributed by atoms with Crippen LogP contribution in [0.4, 0.5) is 5.69 Å². The first-order chi connectivity index (χ1) is 8.97. The molecular weight excluding hydrogens is 244 g/mol. The van der Waals surface area contributed by atoms with Crippen molar-refractivity contribution in [2.45, 2.75) is 13.5 Å². The molecule has 0 bridgehead atoms. The average Bonchev–Trinajstić information content (AvgIpc) is 2.33. The van der Waals surface area contributed by atoms with Crippen molar-refractivity contribution in [3.8, 4) is 5.75 Å². The third kappa shape index (κ3) is 3.12. The maximum absolute atomic E-state index is 11.6. The van der Waals surface area contributed by atoms with Gasteiger partial charge in [0, 0.05) is 13.6 Å². The Morgan fingerprint density at radius 2 is 2.21 bits per heavy atom. The number of rotatable bonds is 4. The maximum Gasteiger partial charge on any atom is 0.264 e. The minimum Gasteiger partial charge on any atom is -0.482 e. The number of nitrogens with zero attached hydrogens (tertiary/aromatic N) is 2. The van der Waals surface area contributed by atoms with Gasteiger partial charge in [-0.1, -0.05) is 6.07 Å². The maximum atomic E-state index is 11.6. The Bertz CT molecular complexity index is 513. The van der Waals surface area contributed by atoms with Crippen LogP contribution in [0.1, 0.15) is 12.5 Å². The molecule has 0 spiro atoms. The Hall–Kier alpha value is -1.88. The predicted molar refractivity (Wildman–Crippen MR) is 72.4 cm³/mol. The number of benzene rings is 1. The number of hydrogen-bond donors (Lipinski definition) is 0. The number of Topliss-reactive ketones (excluding diaryl/α,β-unsaturated/α-hetero) is 1. The van der Waals surface area contributed by atoms with Crippen LogP contribution in [0.15, 0.2) is 18.2 Å². The summed E-state index contributed by atoms with van der Waals surface area (Å²) in [5.74, 6) is 0.804. The van der Waals surface area contributed by atoms with Gasteiger partial charge in [0.15, 0.2) is 6.61 Å². The summed E-state index contributed by atoms with van der Waals surface area (Å²) >= 11 is 0. The minimum atomic E-state index is -0.0539. The highest BCUT2D eigenvalue weighted by molar-refractivity contribution is 5.97. The van der Waals surface area contributed by atoms with E-state index < -0.39 is 0 Å². The molecule has 5 nitrogen and oxygen atoms in total. The lowest BCUT2D eigenvalue weighted by Gasteiger charge is -2.27. The number of ketones is 1. The highest BCUT2D eigenvalue weighted by Gasteiger charge is 2.22. The molecule has 1 aliphatic heterocycles. The molecule has 0 aromatic heterocycles. The lowest BCUT2D eigenvalue weighted by Crippen LogP contribution is -2.35. The molecule has 0 radical (unpaired) electrons. The van der Waals surface area contributed by atoms with Gasteiger partial charge in [-0.25, -0.2) is 0 Å². The SMILES string of the molecule is CC(=O)CN(C)Cc1ccc2c(c1)N(C)C(=O)CO2. The van der Waals surface area contributed by atoms with Gasteiger partial charge in [0.1, 0.15) is 11.5 Å². The Labute approximate surface area is 112 Å². The van der Waals surface area contributed by atoms with E-state index in [-0.39, 0.29) is 18.3 Å². The van der Waals surface area contributed by atoms with Crippen molar-refractivity contribution in [1.29, 1.82) is 0 Å². The molecule has 0 aliphatic carbocycles. The lowest BCUT2D eigenvalue weighted by molar-refractivity contribution is -0.121. The van der Waals surface area contributed by atoms with Gasteiger partial charge < -0.3 is 9.64 Å². The Morgan fingerprint density at radius 3 is 2.89 bits per heavy atom. The van der Waals surface area contributed by atoms with E-state index in [9.17, 15) is 9.59 Å². The molecule has 0 atom stereocenters. The van der Waals surface area contributed by atoms with E-state index in [4.69, 9.17) is 4.74 Å². The van der Waals surface area contributed by atoms with Gasteiger partial charge >= 0.3 is 0 Å². The summed E-state index contributed by atoms with van der Waals surface area (Å²) < 4.78 is 5.37. The Morgan fingerprint density at radius 1 is 1.47 bits per heavy atom. The molecule has 19 heavy (non-hydrogen) atoms. The van der Waals surface area contributed by atoms with E-state index >= 15 is 0 Å². The minimum absolute atomic E-state index is 0.0539. The number of likely N-dealkylation sites (N-methyl/N-ethyl adjacent to an activating group) is 2. The van der Waals surface area contributed by atoms with Gasteiger partial charge in [0.25, 0.3) is 5.91 Å². The van der Waals surface area contributed by atoms with E-state index in [1.54, 1.807) is 18.9 Å². The molecule has 2 rings (SSSR count). The fourth-order valence-electron chi connectivity index (χ4n) is 2.16. The third-order valence-corrected chi connectivity index (χ3v) is 3.06. The number of fused-ring (bicyclic) bond motifs is 1. The fourth-order valence-corrected chi connectivity index (χ4v) is 2.16. The molecule has 1 aliphatic rings. The zero-order valence-electron chi connectivity index (χ0n) is 11.5. The van der Waals surface area contributed by atoms with Crippen LogP contribution < -0.4 is 9.64 Å². The highest BCUT2D eigenvalue weighted by atomic mass is 16.5. The van der Waals surface area contributed by atoms with Crippen LogP contribution in [0.5, 0.6) is 5.75 Å². The molecule has 0 saturated carbocycles. The molecule has 0 saturated heterocycles. The number of anilines is 1. The standard InChI is InChI=1S/C14H18N2O3/c1-10(17)7-15(2)8-11-4-5-13-12(6-11)16(3)14(18)9-19-13/h4-6H,7-9H2,1-3H3. The smallest absolute Gasteiger partial charge is 0.264 e. The fraction of sp³-hybridized carbons (Fsp3) is 0.429. The quantitative estimate of drug-likeness (QED) is 0.814. The summed E-state index contributed by atoms with van der Waals surface area (Å²) in [6, 6.07) is 5.76. The van der Waals surface area contributed by atoms with Gasteiger partial charge in [-0.15, -0.1) is 0 Å². The van der Waals surface area contributed by atoms with Crippen molar-refractivity contribution in [2.24, 2.45) is 0 Å². The summed E-state index contributed by atoms with van der Waals surface area (Å²) in [5, 5.41) is 0. The van der Waals surface area contributed by atoms with E-state index in [0.29, 0.717) is 13.1 Å².